The number of nitrogens with zero attached hydrogens (tertiary/aromatic N) is 3. The minimum absolute atomic E-state index is 0.324. The van der Waals surface area contributed by atoms with Gasteiger partial charge in [-0.2, -0.15) is 0 Å². The molecule has 0 atom stereocenters. The molecule has 2 aromatic carbocycles. The SMILES string of the molecule is CCOC(=O)c1cc(C)c2nc(CC)n(Cc3ccc(-c4ccccc4)cc3)c2n1. The molecule has 152 valence electrons. The third kappa shape index (κ3) is 3.83. The third-order valence-corrected chi connectivity index (χ3v) is 5.18. The molecule has 5 nitrogen and oxygen atoms in total. The number of ether oxygens (including phenoxy) is 1. The van der Waals surface area contributed by atoms with E-state index in [0.29, 0.717) is 18.8 Å². The second-order valence-corrected chi connectivity index (χ2v) is 7.25. The largest absolute Gasteiger partial charge is 0.461 e. The first-order chi connectivity index (χ1) is 14.6. The molecule has 0 saturated heterocycles. The Kier molecular flexibility index (Phi) is 5.61. The molecular weight excluding hydrogens is 374 g/mol. The number of carbonyl (C=O) groups is 1. The van der Waals surface area contributed by atoms with E-state index in [0.717, 1.165) is 34.5 Å². The maximum Gasteiger partial charge on any atom is 0.357 e. The van der Waals surface area contributed by atoms with Crippen LogP contribution in [0.15, 0.2) is 60.7 Å². The summed E-state index contributed by atoms with van der Waals surface area (Å²) in [5.41, 5.74) is 6.35. The van der Waals surface area contributed by atoms with Crippen LogP contribution in [-0.2, 0) is 17.7 Å². The fraction of sp³-hybridized carbons (Fsp3) is 0.240. The van der Waals surface area contributed by atoms with Gasteiger partial charge in [0.25, 0.3) is 0 Å². The van der Waals surface area contributed by atoms with Gasteiger partial charge in [-0.3, -0.25) is 0 Å². The fourth-order valence-electron chi connectivity index (χ4n) is 3.65. The van der Waals surface area contributed by atoms with Crippen molar-refractivity contribution in [3.63, 3.8) is 0 Å². The normalized spacial score (nSPS) is 11.0. The van der Waals surface area contributed by atoms with Crippen LogP contribution in [0.2, 0.25) is 0 Å². The first kappa shape index (κ1) is 19.8. The van der Waals surface area contributed by atoms with Crippen LogP contribution in [0.5, 0.6) is 0 Å². The van der Waals surface area contributed by atoms with E-state index in [1.54, 1.807) is 13.0 Å². The summed E-state index contributed by atoms with van der Waals surface area (Å²) in [5, 5.41) is 0. The maximum absolute atomic E-state index is 12.2. The van der Waals surface area contributed by atoms with Crippen molar-refractivity contribution in [2.45, 2.75) is 33.7 Å². The molecule has 0 aliphatic rings. The summed E-state index contributed by atoms with van der Waals surface area (Å²) in [5.74, 6) is 0.550. The lowest BCUT2D eigenvalue weighted by atomic mass is 10.0. The summed E-state index contributed by atoms with van der Waals surface area (Å²) >= 11 is 0. The van der Waals surface area contributed by atoms with Crippen molar-refractivity contribution in [3.05, 3.63) is 83.3 Å². The van der Waals surface area contributed by atoms with E-state index in [1.807, 2.05) is 25.1 Å². The molecule has 0 saturated carbocycles. The standard InChI is InChI=1S/C25H25N3O2/c1-4-22-27-23-17(3)15-21(25(29)30-5-2)26-24(23)28(22)16-18-11-13-20(14-12-18)19-9-7-6-8-10-19/h6-15H,4-5,16H2,1-3H3. The molecule has 2 aromatic heterocycles. The van der Waals surface area contributed by atoms with Crippen molar-refractivity contribution < 1.29 is 9.53 Å². The van der Waals surface area contributed by atoms with E-state index in [9.17, 15) is 4.79 Å². The van der Waals surface area contributed by atoms with Gasteiger partial charge in [0.15, 0.2) is 11.3 Å². The highest BCUT2D eigenvalue weighted by molar-refractivity contribution is 5.91. The van der Waals surface area contributed by atoms with Crippen LogP contribution in [-0.4, -0.2) is 27.1 Å². The molecular formula is C25H25N3O2. The number of esters is 1. The van der Waals surface area contributed by atoms with Gasteiger partial charge in [-0.15, -0.1) is 0 Å². The highest BCUT2D eigenvalue weighted by Gasteiger charge is 2.18. The second-order valence-electron chi connectivity index (χ2n) is 7.25. The zero-order valence-electron chi connectivity index (χ0n) is 17.6. The zero-order valence-corrected chi connectivity index (χ0v) is 17.6. The number of rotatable bonds is 6. The Hall–Kier alpha value is -3.47. The highest BCUT2D eigenvalue weighted by atomic mass is 16.5. The van der Waals surface area contributed by atoms with Crippen LogP contribution in [0, 0.1) is 6.92 Å². The molecule has 0 aliphatic carbocycles. The molecule has 0 fully saturated rings. The monoisotopic (exact) mass is 399 g/mol. The minimum atomic E-state index is -0.402. The third-order valence-electron chi connectivity index (χ3n) is 5.18. The van der Waals surface area contributed by atoms with Crippen LogP contribution in [0.4, 0.5) is 0 Å². The predicted molar refractivity (Wildman–Crippen MR) is 119 cm³/mol. The lowest BCUT2D eigenvalue weighted by molar-refractivity contribution is 0.0519. The number of benzene rings is 2. The van der Waals surface area contributed by atoms with Gasteiger partial charge in [-0.25, -0.2) is 14.8 Å². The molecule has 0 radical (unpaired) electrons. The number of imidazole rings is 1. The summed E-state index contributed by atoms with van der Waals surface area (Å²) in [6.07, 6.45) is 0.784. The molecule has 2 heterocycles. The van der Waals surface area contributed by atoms with E-state index in [2.05, 4.69) is 52.9 Å². The van der Waals surface area contributed by atoms with Crippen molar-refractivity contribution in [2.75, 3.05) is 6.61 Å². The molecule has 0 bridgehead atoms. The first-order valence-corrected chi connectivity index (χ1v) is 10.3. The average molecular weight is 399 g/mol. The van der Waals surface area contributed by atoms with Gasteiger partial charge in [0.1, 0.15) is 11.3 Å². The minimum Gasteiger partial charge on any atom is -0.461 e. The molecule has 0 spiro atoms. The van der Waals surface area contributed by atoms with Crippen LogP contribution < -0.4 is 0 Å². The fourth-order valence-corrected chi connectivity index (χ4v) is 3.65. The summed E-state index contributed by atoms with van der Waals surface area (Å²) in [4.78, 5) is 21.6. The maximum atomic E-state index is 12.2. The molecule has 0 amide bonds. The number of hydrogen-bond donors (Lipinski definition) is 0. The van der Waals surface area contributed by atoms with E-state index >= 15 is 0 Å². The van der Waals surface area contributed by atoms with E-state index in [1.165, 1.54) is 11.1 Å². The van der Waals surface area contributed by atoms with Crippen molar-refractivity contribution in [3.8, 4) is 11.1 Å². The van der Waals surface area contributed by atoms with Crippen LogP contribution in [0.1, 0.15) is 41.3 Å². The number of carbonyl (C=O) groups excluding carboxylic acids is 1. The van der Waals surface area contributed by atoms with Crippen LogP contribution in [0.25, 0.3) is 22.3 Å². The Morgan fingerprint density at radius 2 is 1.67 bits per heavy atom. The van der Waals surface area contributed by atoms with Gasteiger partial charge < -0.3 is 9.30 Å². The molecule has 4 aromatic rings. The van der Waals surface area contributed by atoms with E-state index in [4.69, 9.17) is 9.72 Å². The molecule has 0 unspecified atom stereocenters. The van der Waals surface area contributed by atoms with Crippen LogP contribution >= 0.6 is 0 Å². The second kappa shape index (κ2) is 8.49. The number of fused-ring (bicyclic) bond motifs is 1. The molecule has 5 heteroatoms. The quantitative estimate of drug-likeness (QED) is 0.419. The Morgan fingerprint density at radius 1 is 0.967 bits per heavy atom. The van der Waals surface area contributed by atoms with Crippen LogP contribution in [0.3, 0.4) is 0 Å². The van der Waals surface area contributed by atoms with Crippen molar-refractivity contribution >= 4 is 17.1 Å². The summed E-state index contributed by atoms with van der Waals surface area (Å²) < 4.78 is 7.25. The lowest BCUT2D eigenvalue weighted by Gasteiger charge is -2.10. The Bertz CT molecular complexity index is 1180. The van der Waals surface area contributed by atoms with E-state index < -0.39 is 5.97 Å². The van der Waals surface area contributed by atoms with Gasteiger partial charge in [-0.05, 0) is 42.2 Å². The average Bonchev–Trinajstić information content (AvgIpc) is 3.13. The summed E-state index contributed by atoms with van der Waals surface area (Å²) in [6, 6.07) is 20.6. The van der Waals surface area contributed by atoms with Crippen molar-refractivity contribution in [2.24, 2.45) is 0 Å². The van der Waals surface area contributed by atoms with Gasteiger partial charge in [0.2, 0.25) is 0 Å². The van der Waals surface area contributed by atoms with Crippen molar-refractivity contribution in [1.29, 1.82) is 0 Å². The molecule has 30 heavy (non-hydrogen) atoms. The van der Waals surface area contributed by atoms with Gasteiger partial charge in [0.05, 0.1) is 13.2 Å². The summed E-state index contributed by atoms with van der Waals surface area (Å²) in [6.45, 7) is 6.80. The van der Waals surface area contributed by atoms with E-state index in [-0.39, 0.29) is 0 Å². The van der Waals surface area contributed by atoms with Gasteiger partial charge in [0, 0.05) is 6.42 Å². The predicted octanol–water partition coefficient (Wildman–Crippen LogP) is 5.19. The van der Waals surface area contributed by atoms with Gasteiger partial charge in [-0.1, -0.05) is 61.5 Å². The smallest absolute Gasteiger partial charge is 0.357 e. The topological polar surface area (TPSA) is 57.0 Å². The molecule has 0 aliphatic heterocycles. The lowest BCUT2D eigenvalue weighted by Crippen LogP contribution is -2.10. The summed E-state index contributed by atoms with van der Waals surface area (Å²) in [7, 11) is 0. The highest BCUT2D eigenvalue weighted by Crippen LogP contribution is 2.23. The zero-order chi connectivity index (χ0) is 21.1. The molecule has 4 rings (SSSR count). The number of aryl methyl sites for hydroxylation is 2. The Morgan fingerprint density at radius 3 is 2.33 bits per heavy atom. The number of aromatic nitrogens is 3. The number of pyridine rings is 1. The Balaban J connectivity index is 1.71. The first-order valence-electron chi connectivity index (χ1n) is 10.3. The number of hydrogen-bond acceptors (Lipinski definition) is 4. The van der Waals surface area contributed by atoms with Gasteiger partial charge >= 0.3 is 5.97 Å². The Labute approximate surface area is 176 Å². The van der Waals surface area contributed by atoms with Crippen molar-refractivity contribution in [1.82, 2.24) is 14.5 Å². The molecule has 0 N–H and O–H groups in total.